The van der Waals surface area contributed by atoms with Gasteiger partial charge in [0.25, 0.3) is 0 Å². The Morgan fingerprint density at radius 3 is 2.50 bits per heavy atom. The van der Waals surface area contributed by atoms with Crippen LogP contribution in [0.1, 0.15) is 52.9 Å². The highest BCUT2D eigenvalue weighted by Gasteiger charge is 2.62. The third-order valence-corrected chi connectivity index (χ3v) is 8.85. The lowest BCUT2D eigenvalue weighted by molar-refractivity contribution is -0.112. The van der Waals surface area contributed by atoms with Crippen molar-refractivity contribution in [1.82, 2.24) is 14.7 Å². The van der Waals surface area contributed by atoms with Crippen LogP contribution in [-0.2, 0) is 9.47 Å². The SMILES string of the molecule is CCC1C(N2CCC3(CC2)OC(=O)N(CCOC)C3(C)C)CC12CCN(C(=O)O)C2. The van der Waals surface area contributed by atoms with Crippen LogP contribution in [0.25, 0.3) is 0 Å². The van der Waals surface area contributed by atoms with Gasteiger partial charge in [-0.15, -0.1) is 0 Å². The molecule has 0 aromatic rings. The van der Waals surface area contributed by atoms with Crippen LogP contribution >= 0.6 is 0 Å². The number of nitrogens with zero attached hydrogens (tertiary/aromatic N) is 3. The zero-order valence-electron chi connectivity index (χ0n) is 18.9. The van der Waals surface area contributed by atoms with Crippen LogP contribution in [0, 0.1) is 11.3 Å². The summed E-state index contributed by atoms with van der Waals surface area (Å²) >= 11 is 0. The lowest BCUT2D eigenvalue weighted by Gasteiger charge is -2.59. The van der Waals surface area contributed by atoms with E-state index in [0.29, 0.717) is 38.2 Å². The number of amides is 2. The topological polar surface area (TPSA) is 82.6 Å². The van der Waals surface area contributed by atoms with Crippen molar-refractivity contribution in [3.8, 4) is 0 Å². The second-order valence-electron chi connectivity index (χ2n) is 10.2. The van der Waals surface area contributed by atoms with Crippen molar-refractivity contribution in [2.24, 2.45) is 11.3 Å². The highest BCUT2D eigenvalue weighted by atomic mass is 16.6. The van der Waals surface area contributed by atoms with Crippen LogP contribution in [0.4, 0.5) is 9.59 Å². The third kappa shape index (κ3) is 3.09. The van der Waals surface area contributed by atoms with Crippen LogP contribution in [0.3, 0.4) is 0 Å². The van der Waals surface area contributed by atoms with Crippen LogP contribution in [0.2, 0.25) is 0 Å². The van der Waals surface area contributed by atoms with Gasteiger partial charge in [0.15, 0.2) is 0 Å². The van der Waals surface area contributed by atoms with Crippen molar-refractivity contribution in [2.45, 2.75) is 70.1 Å². The van der Waals surface area contributed by atoms with Gasteiger partial charge in [-0.05, 0) is 38.0 Å². The highest BCUT2D eigenvalue weighted by Crippen LogP contribution is 2.57. The largest absolute Gasteiger partial charge is 0.465 e. The number of piperidine rings is 1. The molecule has 0 aromatic carbocycles. The smallest absolute Gasteiger partial charge is 0.411 e. The van der Waals surface area contributed by atoms with Gasteiger partial charge in [0.1, 0.15) is 5.60 Å². The number of hydrogen-bond donors (Lipinski definition) is 1. The van der Waals surface area contributed by atoms with Gasteiger partial charge in [0.05, 0.1) is 12.1 Å². The van der Waals surface area contributed by atoms with E-state index < -0.39 is 11.7 Å². The molecular weight excluding hydrogens is 386 g/mol. The molecule has 8 heteroatoms. The van der Waals surface area contributed by atoms with Crippen LogP contribution < -0.4 is 0 Å². The van der Waals surface area contributed by atoms with E-state index in [0.717, 1.165) is 45.2 Å². The molecule has 170 valence electrons. The summed E-state index contributed by atoms with van der Waals surface area (Å²) in [6.45, 7) is 10.8. The fourth-order valence-electron chi connectivity index (χ4n) is 6.88. The van der Waals surface area contributed by atoms with Gasteiger partial charge in [0.2, 0.25) is 0 Å². The zero-order chi connectivity index (χ0) is 21.7. The summed E-state index contributed by atoms with van der Waals surface area (Å²) < 4.78 is 11.2. The predicted molar refractivity (Wildman–Crippen MR) is 112 cm³/mol. The van der Waals surface area contributed by atoms with Crippen molar-refractivity contribution < 1.29 is 24.2 Å². The monoisotopic (exact) mass is 423 g/mol. The highest BCUT2D eigenvalue weighted by molar-refractivity contribution is 5.72. The van der Waals surface area contributed by atoms with Gasteiger partial charge in [0, 0.05) is 58.7 Å². The third-order valence-electron chi connectivity index (χ3n) is 8.85. The van der Waals surface area contributed by atoms with Crippen molar-refractivity contribution in [3.05, 3.63) is 0 Å². The number of carbonyl (C=O) groups is 2. The molecule has 3 aliphatic heterocycles. The first kappa shape index (κ1) is 21.7. The molecule has 1 saturated carbocycles. The van der Waals surface area contributed by atoms with Crippen LogP contribution in [0.15, 0.2) is 0 Å². The minimum absolute atomic E-state index is 0.170. The second kappa shape index (κ2) is 7.55. The summed E-state index contributed by atoms with van der Waals surface area (Å²) in [5, 5.41) is 9.36. The molecule has 1 N–H and O–H groups in total. The van der Waals surface area contributed by atoms with Crippen molar-refractivity contribution in [3.63, 3.8) is 0 Å². The molecule has 3 heterocycles. The summed E-state index contributed by atoms with van der Waals surface area (Å²) in [7, 11) is 1.65. The molecule has 3 saturated heterocycles. The molecule has 0 radical (unpaired) electrons. The molecule has 4 rings (SSSR count). The number of likely N-dealkylation sites (tertiary alicyclic amines) is 2. The molecule has 0 bridgehead atoms. The van der Waals surface area contributed by atoms with E-state index in [2.05, 4.69) is 25.7 Å². The van der Waals surface area contributed by atoms with E-state index in [1.54, 1.807) is 12.0 Å². The number of rotatable bonds is 5. The van der Waals surface area contributed by atoms with E-state index in [-0.39, 0.29) is 17.0 Å². The van der Waals surface area contributed by atoms with Crippen molar-refractivity contribution >= 4 is 12.2 Å². The summed E-state index contributed by atoms with van der Waals surface area (Å²) in [5.41, 5.74) is -0.624. The molecule has 3 atom stereocenters. The normalized spacial score (nSPS) is 35.1. The van der Waals surface area contributed by atoms with Gasteiger partial charge in [-0.1, -0.05) is 13.3 Å². The molecule has 4 aliphatic rings. The Morgan fingerprint density at radius 1 is 1.23 bits per heavy atom. The average molecular weight is 424 g/mol. The minimum atomic E-state index is -0.784. The summed E-state index contributed by atoms with van der Waals surface area (Å²) in [5.74, 6) is 0.549. The molecule has 0 aromatic heterocycles. The molecule has 2 spiro atoms. The van der Waals surface area contributed by atoms with Crippen molar-refractivity contribution in [1.29, 1.82) is 0 Å². The van der Waals surface area contributed by atoms with Gasteiger partial charge in [-0.25, -0.2) is 9.59 Å². The fourth-order valence-corrected chi connectivity index (χ4v) is 6.88. The first-order valence-electron chi connectivity index (χ1n) is 11.4. The molecule has 8 nitrogen and oxygen atoms in total. The van der Waals surface area contributed by atoms with Gasteiger partial charge < -0.3 is 19.5 Å². The standard InChI is InChI=1S/C22H37N3O5/c1-5-16-17(14-21(16)6-9-24(15-21)18(26)27)23-10-7-22(8-11-23)20(2,3)25(12-13-29-4)19(28)30-22/h16-17H,5-15H2,1-4H3,(H,26,27). The number of methoxy groups -OCH3 is 1. The van der Waals surface area contributed by atoms with E-state index >= 15 is 0 Å². The molecule has 4 fully saturated rings. The van der Waals surface area contributed by atoms with Crippen LogP contribution in [-0.4, -0.2) is 95.6 Å². The summed E-state index contributed by atoms with van der Waals surface area (Å²) in [4.78, 5) is 30.0. The Bertz CT molecular complexity index is 690. The lowest BCUT2D eigenvalue weighted by atomic mass is 9.54. The van der Waals surface area contributed by atoms with Crippen LogP contribution in [0.5, 0.6) is 0 Å². The fraction of sp³-hybridized carbons (Fsp3) is 0.909. The molecule has 30 heavy (non-hydrogen) atoms. The first-order valence-corrected chi connectivity index (χ1v) is 11.4. The Labute approximate surface area is 179 Å². The Morgan fingerprint density at radius 2 is 1.93 bits per heavy atom. The molecule has 3 unspecified atom stereocenters. The van der Waals surface area contributed by atoms with Gasteiger partial charge in [-0.2, -0.15) is 0 Å². The van der Waals surface area contributed by atoms with E-state index in [1.165, 1.54) is 0 Å². The number of hydrogen-bond acceptors (Lipinski definition) is 5. The minimum Gasteiger partial charge on any atom is -0.465 e. The zero-order valence-corrected chi connectivity index (χ0v) is 18.9. The maximum atomic E-state index is 12.6. The quantitative estimate of drug-likeness (QED) is 0.732. The first-order chi connectivity index (χ1) is 14.2. The Hall–Kier alpha value is -1.54. The van der Waals surface area contributed by atoms with Gasteiger partial charge in [-0.3, -0.25) is 9.80 Å². The van der Waals surface area contributed by atoms with E-state index in [1.807, 2.05) is 4.90 Å². The molecular formula is C22H37N3O5. The second-order valence-corrected chi connectivity index (χ2v) is 10.2. The van der Waals surface area contributed by atoms with Gasteiger partial charge >= 0.3 is 12.2 Å². The lowest BCUT2D eigenvalue weighted by Crippen LogP contribution is -2.65. The number of carbonyl (C=O) groups excluding carboxylic acids is 1. The molecule has 1 aliphatic carbocycles. The molecule has 2 amide bonds. The summed E-state index contributed by atoms with van der Waals surface area (Å²) in [6, 6.07) is 0.519. The Balaban J connectivity index is 1.40. The number of carboxylic acid groups (broad SMARTS) is 1. The van der Waals surface area contributed by atoms with E-state index in [9.17, 15) is 14.7 Å². The van der Waals surface area contributed by atoms with E-state index in [4.69, 9.17) is 9.47 Å². The maximum absolute atomic E-state index is 12.6. The number of ether oxygens (including phenoxy) is 2. The average Bonchev–Trinajstić information content (AvgIpc) is 3.21. The predicted octanol–water partition coefficient (Wildman–Crippen LogP) is 2.87. The Kier molecular flexibility index (Phi) is 5.46. The maximum Gasteiger partial charge on any atom is 0.411 e. The van der Waals surface area contributed by atoms with Crippen molar-refractivity contribution in [2.75, 3.05) is 46.4 Å². The summed E-state index contributed by atoms with van der Waals surface area (Å²) in [6.07, 6.45) is 3.85.